The van der Waals surface area contributed by atoms with Crippen LogP contribution in [0.4, 0.5) is 8.78 Å². The molecule has 0 aliphatic carbocycles. The van der Waals surface area contributed by atoms with Gasteiger partial charge in [-0.3, -0.25) is 4.79 Å². The lowest BCUT2D eigenvalue weighted by molar-refractivity contribution is -0.130. The fourth-order valence-electron chi connectivity index (χ4n) is 3.16. The van der Waals surface area contributed by atoms with Crippen LogP contribution in [0.5, 0.6) is 5.75 Å². The number of hydrogen-bond acceptors (Lipinski definition) is 3. The Hall–Kier alpha value is -2.47. The van der Waals surface area contributed by atoms with Gasteiger partial charge < -0.3 is 15.2 Å². The Bertz CT molecular complexity index is 773. The minimum absolute atomic E-state index is 0.119. The minimum Gasteiger partial charge on any atom is -0.505 e. The van der Waals surface area contributed by atoms with E-state index in [1.807, 2.05) is 0 Å². The summed E-state index contributed by atoms with van der Waals surface area (Å²) in [4.78, 5) is 12.9. The maximum atomic E-state index is 13.7. The van der Waals surface area contributed by atoms with Crippen LogP contribution in [0.25, 0.3) is 0 Å². The summed E-state index contributed by atoms with van der Waals surface area (Å²) in [5, 5.41) is 12.0. The van der Waals surface area contributed by atoms with Gasteiger partial charge in [0.05, 0.1) is 5.41 Å². The standard InChI is InChI=1S/C19H19F2NO3/c20-15-3-1-2-14(11-15)19(6-8-25-9-7-19)18(24)22-12-13-4-5-17(23)16(21)10-13/h1-5,10-11,23H,6-9,12H2,(H,22,24). The molecule has 1 amide bonds. The Labute approximate surface area is 144 Å². The summed E-state index contributed by atoms with van der Waals surface area (Å²) in [6, 6.07) is 10.0. The third kappa shape index (κ3) is 3.64. The molecule has 25 heavy (non-hydrogen) atoms. The van der Waals surface area contributed by atoms with Crippen molar-refractivity contribution >= 4 is 5.91 Å². The van der Waals surface area contributed by atoms with Crippen LogP contribution in [-0.2, 0) is 21.5 Å². The van der Waals surface area contributed by atoms with Crippen LogP contribution in [0.3, 0.4) is 0 Å². The largest absolute Gasteiger partial charge is 0.505 e. The number of hydrogen-bond donors (Lipinski definition) is 2. The zero-order valence-corrected chi connectivity index (χ0v) is 13.6. The molecule has 1 heterocycles. The molecule has 2 aromatic carbocycles. The van der Waals surface area contributed by atoms with Crippen molar-refractivity contribution in [2.24, 2.45) is 0 Å². The van der Waals surface area contributed by atoms with E-state index in [-0.39, 0.29) is 12.5 Å². The molecule has 0 aromatic heterocycles. The van der Waals surface area contributed by atoms with Crippen molar-refractivity contribution < 1.29 is 23.4 Å². The Kier molecular flexibility index (Phi) is 4.99. The van der Waals surface area contributed by atoms with Gasteiger partial charge in [-0.25, -0.2) is 8.78 Å². The second-order valence-electron chi connectivity index (χ2n) is 6.17. The van der Waals surface area contributed by atoms with Crippen LogP contribution in [0.2, 0.25) is 0 Å². The quantitative estimate of drug-likeness (QED) is 0.894. The fourth-order valence-corrected chi connectivity index (χ4v) is 3.16. The summed E-state index contributed by atoms with van der Waals surface area (Å²) in [5.41, 5.74) is 0.283. The van der Waals surface area contributed by atoms with Crippen molar-refractivity contribution in [3.05, 3.63) is 65.2 Å². The van der Waals surface area contributed by atoms with Crippen LogP contribution in [0.1, 0.15) is 24.0 Å². The number of aromatic hydroxyl groups is 1. The average Bonchev–Trinajstić information content (AvgIpc) is 2.63. The van der Waals surface area contributed by atoms with E-state index < -0.39 is 22.8 Å². The van der Waals surface area contributed by atoms with E-state index in [0.717, 1.165) is 0 Å². The molecule has 1 aliphatic heterocycles. The number of nitrogens with one attached hydrogen (secondary N) is 1. The van der Waals surface area contributed by atoms with Crippen molar-refractivity contribution in [2.45, 2.75) is 24.8 Å². The predicted molar refractivity (Wildman–Crippen MR) is 88.0 cm³/mol. The molecule has 0 radical (unpaired) electrons. The van der Waals surface area contributed by atoms with Crippen LogP contribution in [0.15, 0.2) is 42.5 Å². The van der Waals surface area contributed by atoms with E-state index in [4.69, 9.17) is 4.74 Å². The fraction of sp³-hybridized carbons (Fsp3) is 0.316. The normalized spacial score (nSPS) is 16.4. The number of carbonyl (C=O) groups excluding carboxylic acids is 1. The van der Waals surface area contributed by atoms with Gasteiger partial charge in [-0.2, -0.15) is 0 Å². The number of amides is 1. The van der Waals surface area contributed by atoms with Crippen LogP contribution >= 0.6 is 0 Å². The van der Waals surface area contributed by atoms with E-state index in [1.54, 1.807) is 12.1 Å². The monoisotopic (exact) mass is 347 g/mol. The number of rotatable bonds is 4. The summed E-state index contributed by atoms with van der Waals surface area (Å²) < 4.78 is 32.4. The molecule has 0 bridgehead atoms. The Balaban J connectivity index is 1.81. The molecular weight excluding hydrogens is 328 g/mol. The topological polar surface area (TPSA) is 58.6 Å². The van der Waals surface area contributed by atoms with Gasteiger partial charge in [-0.1, -0.05) is 18.2 Å². The average molecular weight is 347 g/mol. The molecule has 1 fully saturated rings. The van der Waals surface area contributed by atoms with Gasteiger partial charge in [0, 0.05) is 19.8 Å². The van der Waals surface area contributed by atoms with Crippen molar-refractivity contribution in [2.75, 3.05) is 13.2 Å². The molecule has 1 aliphatic rings. The Morgan fingerprint density at radius 2 is 1.92 bits per heavy atom. The lowest BCUT2D eigenvalue weighted by Gasteiger charge is -2.36. The summed E-state index contributed by atoms with van der Waals surface area (Å²) >= 11 is 0. The Morgan fingerprint density at radius 3 is 2.60 bits per heavy atom. The molecular formula is C19H19F2NO3. The molecule has 0 saturated carbocycles. The maximum Gasteiger partial charge on any atom is 0.231 e. The summed E-state index contributed by atoms with van der Waals surface area (Å²) in [6.07, 6.45) is 0.901. The Morgan fingerprint density at radius 1 is 1.16 bits per heavy atom. The highest BCUT2D eigenvalue weighted by Crippen LogP contribution is 2.35. The first-order valence-corrected chi connectivity index (χ1v) is 8.11. The molecule has 0 unspecified atom stereocenters. The first-order valence-electron chi connectivity index (χ1n) is 8.11. The summed E-state index contributed by atoms with van der Waals surface area (Å²) in [7, 11) is 0. The summed E-state index contributed by atoms with van der Waals surface area (Å²) in [6.45, 7) is 0.948. The van der Waals surface area contributed by atoms with Crippen LogP contribution in [-0.4, -0.2) is 24.2 Å². The molecule has 2 N–H and O–H groups in total. The SMILES string of the molecule is O=C(NCc1ccc(O)c(F)c1)C1(c2cccc(F)c2)CCOCC1. The van der Waals surface area contributed by atoms with Crippen molar-refractivity contribution in [1.29, 1.82) is 0 Å². The third-order valence-corrected chi connectivity index (χ3v) is 4.62. The number of benzene rings is 2. The molecule has 4 nitrogen and oxygen atoms in total. The van der Waals surface area contributed by atoms with Crippen molar-refractivity contribution in [3.63, 3.8) is 0 Å². The highest BCUT2D eigenvalue weighted by atomic mass is 19.1. The second kappa shape index (κ2) is 7.19. The van der Waals surface area contributed by atoms with Gasteiger partial charge >= 0.3 is 0 Å². The molecule has 3 rings (SSSR count). The number of carbonyl (C=O) groups is 1. The first-order chi connectivity index (χ1) is 12.0. The van der Waals surface area contributed by atoms with Crippen molar-refractivity contribution in [3.8, 4) is 5.75 Å². The van der Waals surface area contributed by atoms with Gasteiger partial charge in [0.15, 0.2) is 11.6 Å². The van der Waals surface area contributed by atoms with E-state index >= 15 is 0 Å². The zero-order valence-electron chi connectivity index (χ0n) is 13.6. The van der Waals surface area contributed by atoms with Crippen molar-refractivity contribution in [1.82, 2.24) is 5.32 Å². The highest BCUT2D eigenvalue weighted by Gasteiger charge is 2.41. The number of ether oxygens (including phenoxy) is 1. The number of phenolic OH excluding ortho intramolecular Hbond substituents is 1. The van der Waals surface area contributed by atoms with Gasteiger partial charge in [0.2, 0.25) is 5.91 Å². The second-order valence-corrected chi connectivity index (χ2v) is 6.17. The number of phenols is 1. The van der Waals surface area contributed by atoms with Crippen LogP contribution < -0.4 is 5.32 Å². The maximum absolute atomic E-state index is 13.7. The van der Waals surface area contributed by atoms with E-state index in [1.165, 1.54) is 30.3 Å². The highest BCUT2D eigenvalue weighted by molar-refractivity contribution is 5.88. The number of halogens is 2. The van der Waals surface area contributed by atoms with Crippen LogP contribution in [0, 0.1) is 11.6 Å². The lowest BCUT2D eigenvalue weighted by Crippen LogP contribution is -2.47. The lowest BCUT2D eigenvalue weighted by atomic mass is 9.73. The molecule has 0 atom stereocenters. The summed E-state index contributed by atoms with van der Waals surface area (Å²) in [5.74, 6) is -1.81. The van der Waals surface area contributed by atoms with E-state index in [0.29, 0.717) is 37.2 Å². The molecule has 132 valence electrons. The van der Waals surface area contributed by atoms with Gasteiger partial charge in [-0.15, -0.1) is 0 Å². The smallest absolute Gasteiger partial charge is 0.231 e. The zero-order chi connectivity index (χ0) is 17.9. The first kappa shape index (κ1) is 17.4. The van der Waals surface area contributed by atoms with Gasteiger partial charge in [0.25, 0.3) is 0 Å². The molecule has 1 saturated heterocycles. The molecule has 6 heteroatoms. The van der Waals surface area contributed by atoms with E-state index in [2.05, 4.69) is 5.32 Å². The van der Waals surface area contributed by atoms with Gasteiger partial charge in [0.1, 0.15) is 5.82 Å². The van der Waals surface area contributed by atoms with Gasteiger partial charge in [-0.05, 0) is 48.2 Å². The third-order valence-electron chi connectivity index (χ3n) is 4.62. The molecule has 2 aromatic rings. The molecule has 0 spiro atoms. The van der Waals surface area contributed by atoms with E-state index in [9.17, 15) is 18.7 Å². The minimum atomic E-state index is -0.865. The predicted octanol–water partition coefficient (Wildman–Crippen LogP) is 3.04.